The van der Waals surface area contributed by atoms with E-state index in [1.54, 1.807) is 6.92 Å². The Morgan fingerprint density at radius 1 is 1.29 bits per heavy atom. The van der Waals surface area contributed by atoms with Crippen molar-refractivity contribution >= 4 is 11.6 Å². The monoisotopic (exact) mass is 329 g/mol. The third-order valence-corrected chi connectivity index (χ3v) is 3.68. The fourth-order valence-corrected chi connectivity index (χ4v) is 2.35. The van der Waals surface area contributed by atoms with Gasteiger partial charge < -0.3 is 10.0 Å². The Balaban J connectivity index is 2.19. The Hall–Kier alpha value is -2.80. The van der Waals surface area contributed by atoms with Gasteiger partial charge in [-0.05, 0) is 18.9 Å². The van der Waals surface area contributed by atoms with Gasteiger partial charge in [-0.15, -0.1) is 0 Å². The van der Waals surface area contributed by atoms with Crippen LogP contribution in [-0.4, -0.2) is 45.5 Å². The van der Waals surface area contributed by atoms with Crippen LogP contribution in [-0.2, 0) is 6.42 Å². The molecule has 1 N–H and O–H groups in total. The maximum Gasteiger partial charge on any atom is 0.288 e. The number of nitrogens with zero attached hydrogens (tertiary/aromatic N) is 3. The molecule has 0 aliphatic heterocycles. The summed E-state index contributed by atoms with van der Waals surface area (Å²) >= 11 is 0. The Morgan fingerprint density at radius 3 is 2.62 bits per heavy atom. The molecule has 2 rings (SSSR count). The van der Waals surface area contributed by atoms with E-state index in [1.165, 1.54) is 11.0 Å². The summed E-state index contributed by atoms with van der Waals surface area (Å²) < 4.78 is 0. The molecule has 0 aliphatic rings. The summed E-state index contributed by atoms with van der Waals surface area (Å²) in [4.78, 5) is 28.4. The highest BCUT2D eigenvalue weighted by Gasteiger charge is 2.21. The maximum absolute atomic E-state index is 12.7. The Kier molecular flexibility index (Phi) is 5.97. The average molecular weight is 329 g/mol. The van der Waals surface area contributed by atoms with Crippen molar-refractivity contribution in [1.29, 1.82) is 0 Å². The van der Waals surface area contributed by atoms with Gasteiger partial charge in [0.15, 0.2) is 0 Å². The van der Waals surface area contributed by atoms with Gasteiger partial charge in [0.2, 0.25) is 0 Å². The standard InChI is InChI=1S/C17H19N3O4/c1-13-16(11-15(12-18-13)20(23)24)17(22)19(9-10-21)8-7-14-5-3-2-4-6-14/h2-6,11-12,21H,7-10H2,1H3. The largest absolute Gasteiger partial charge is 0.395 e. The van der Waals surface area contributed by atoms with Crippen LogP contribution >= 0.6 is 0 Å². The van der Waals surface area contributed by atoms with E-state index in [0.29, 0.717) is 18.7 Å². The molecule has 1 aromatic heterocycles. The van der Waals surface area contributed by atoms with Crippen LogP contribution in [0.3, 0.4) is 0 Å². The summed E-state index contributed by atoms with van der Waals surface area (Å²) in [7, 11) is 0. The molecule has 0 bridgehead atoms. The molecule has 0 aliphatic carbocycles. The Morgan fingerprint density at radius 2 is 2.00 bits per heavy atom. The van der Waals surface area contributed by atoms with Crippen LogP contribution < -0.4 is 0 Å². The summed E-state index contributed by atoms with van der Waals surface area (Å²) in [5.41, 5.74) is 1.46. The molecule has 0 atom stereocenters. The molecule has 2 aromatic rings. The molecule has 0 saturated heterocycles. The molecule has 0 saturated carbocycles. The van der Waals surface area contributed by atoms with Crippen molar-refractivity contribution < 1.29 is 14.8 Å². The molecule has 7 nitrogen and oxygen atoms in total. The topological polar surface area (TPSA) is 96.6 Å². The number of pyridine rings is 1. The second kappa shape index (κ2) is 8.16. The first kappa shape index (κ1) is 17.6. The molecule has 0 spiro atoms. The number of aryl methyl sites for hydroxylation is 1. The second-order valence-corrected chi connectivity index (χ2v) is 5.34. The highest BCUT2D eigenvalue weighted by Crippen LogP contribution is 2.17. The zero-order chi connectivity index (χ0) is 17.5. The predicted octanol–water partition coefficient (Wildman–Crippen LogP) is 1.98. The number of rotatable bonds is 7. The Labute approximate surface area is 139 Å². The van der Waals surface area contributed by atoms with Crippen LogP contribution in [0.1, 0.15) is 21.6 Å². The Bertz CT molecular complexity index is 719. The fraction of sp³-hybridized carbons (Fsp3) is 0.294. The number of aliphatic hydroxyl groups excluding tert-OH is 1. The highest BCUT2D eigenvalue weighted by atomic mass is 16.6. The first-order valence-electron chi connectivity index (χ1n) is 7.58. The summed E-state index contributed by atoms with van der Waals surface area (Å²) in [5, 5.41) is 20.1. The summed E-state index contributed by atoms with van der Waals surface area (Å²) in [6.07, 6.45) is 1.76. The van der Waals surface area contributed by atoms with Crippen molar-refractivity contribution in [3.05, 3.63) is 69.5 Å². The van der Waals surface area contributed by atoms with Crippen molar-refractivity contribution in [2.24, 2.45) is 0 Å². The SMILES string of the molecule is Cc1ncc([N+](=O)[O-])cc1C(=O)N(CCO)CCc1ccccc1. The smallest absolute Gasteiger partial charge is 0.288 e. The fourth-order valence-electron chi connectivity index (χ4n) is 2.35. The van der Waals surface area contributed by atoms with Gasteiger partial charge in [-0.1, -0.05) is 30.3 Å². The highest BCUT2D eigenvalue weighted by molar-refractivity contribution is 5.95. The number of hydrogen-bond donors (Lipinski definition) is 1. The van der Waals surface area contributed by atoms with Gasteiger partial charge in [-0.3, -0.25) is 19.9 Å². The van der Waals surface area contributed by atoms with E-state index in [4.69, 9.17) is 0 Å². The molecule has 1 heterocycles. The van der Waals surface area contributed by atoms with E-state index in [0.717, 1.165) is 11.8 Å². The zero-order valence-corrected chi connectivity index (χ0v) is 13.4. The van der Waals surface area contributed by atoms with Gasteiger partial charge in [-0.25, -0.2) is 0 Å². The number of carbonyl (C=O) groups excluding carboxylic acids is 1. The number of nitro groups is 1. The third-order valence-electron chi connectivity index (χ3n) is 3.68. The number of benzene rings is 1. The van der Waals surface area contributed by atoms with Gasteiger partial charge in [0, 0.05) is 19.2 Å². The number of amides is 1. The van der Waals surface area contributed by atoms with E-state index in [9.17, 15) is 20.0 Å². The van der Waals surface area contributed by atoms with Crippen molar-refractivity contribution in [1.82, 2.24) is 9.88 Å². The molecule has 0 radical (unpaired) electrons. The lowest BCUT2D eigenvalue weighted by Gasteiger charge is -2.22. The van der Waals surface area contributed by atoms with E-state index in [-0.39, 0.29) is 30.3 Å². The molecule has 126 valence electrons. The molecule has 7 heteroatoms. The first-order chi connectivity index (χ1) is 11.5. The van der Waals surface area contributed by atoms with Crippen molar-refractivity contribution in [3.8, 4) is 0 Å². The number of aromatic nitrogens is 1. The number of carbonyl (C=O) groups is 1. The van der Waals surface area contributed by atoms with E-state index >= 15 is 0 Å². The average Bonchev–Trinajstić information content (AvgIpc) is 2.59. The molecule has 1 amide bonds. The number of aliphatic hydroxyl groups is 1. The third kappa shape index (κ3) is 4.36. The summed E-state index contributed by atoms with van der Waals surface area (Å²) in [5.74, 6) is -0.367. The van der Waals surface area contributed by atoms with E-state index < -0.39 is 4.92 Å². The maximum atomic E-state index is 12.7. The quantitative estimate of drug-likeness (QED) is 0.619. The van der Waals surface area contributed by atoms with Crippen LogP contribution in [0.25, 0.3) is 0 Å². The predicted molar refractivity (Wildman–Crippen MR) is 88.8 cm³/mol. The molecular weight excluding hydrogens is 310 g/mol. The van der Waals surface area contributed by atoms with Gasteiger partial charge in [-0.2, -0.15) is 0 Å². The second-order valence-electron chi connectivity index (χ2n) is 5.34. The van der Waals surface area contributed by atoms with E-state index in [2.05, 4.69) is 4.98 Å². The van der Waals surface area contributed by atoms with Gasteiger partial charge in [0.25, 0.3) is 11.6 Å². The molecule has 0 unspecified atom stereocenters. The minimum atomic E-state index is -0.580. The summed E-state index contributed by atoms with van der Waals surface area (Å²) in [6.45, 7) is 2.02. The van der Waals surface area contributed by atoms with Crippen molar-refractivity contribution in [3.63, 3.8) is 0 Å². The van der Waals surface area contributed by atoms with Gasteiger partial charge >= 0.3 is 0 Å². The van der Waals surface area contributed by atoms with Gasteiger partial charge in [0.05, 0.1) is 22.8 Å². The van der Waals surface area contributed by atoms with E-state index in [1.807, 2.05) is 30.3 Å². The lowest BCUT2D eigenvalue weighted by molar-refractivity contribution is -0.385. The lowest BCUT2D eigenvalue weighted by Crippen LogP contribution is -2.35. The van der Waals surface area contributed by atoms with Crippen molar-refractivity contribution in [2.75, 3.05) is 19.7 Å². The van der Waals surface area contributed by atoms with Crippen LogP contribution in [0.15, 0.2) is 42.6 Å². The molecular formula is C17H19N3O4. The number of hydrogen-bond acceptors (Lipinski definition) is 5. The van der Waals surface area contributed by atoms with Crippen LogP contribution in [0.2, 0.25) is 0 Å². The van der Waals surface area contributed by atoms with Crippen molar-refractivity contribution in [2.45, 2.75) is 13.3 Å². The van der Waals surface area contributed by atoms with Crippen LogP contribution in [0.4, 0.5) is 5.69 Å². The minimum Gasteiger partial charge on any atom is -0.395 e. The summed E-state index contributed by atoms with van der Waals surface area (Å²) in [6, 6.07) is 10.9. The first-order valence-corrected chi connectivity index (χ1v) is 7.58. The van der Waals surface area contributed by atoms with Gasteiger partial charge in [0.1, 0.15) is 6.20 Å². The lowest BCUT2D eigenvalue weighted by atomic mass is 10.1. The van der Waals surface area contributed by atoms with Crippen LogP contribution in [0.5, 0.6) is 0 Å². The minimum absolute atomic E-state index is 0.161. The van der Waals surface area contributed by atoms with Crippen LogP contribution in [0, 0.1) is 17.0 Å². The molecule has 1 aromatic carbocycles. The zero-order valence-electron chi connectivity index (χ0n) is 13.4. The normalized spacial score (nSPS) is 10.4. The molecule has 24 heavy (non-hydrogen) atoms. The molecule has 0 fully saturated rings.